The maximum atomic E-state index is 12.9. The Hall–Kier alpha value is -1.63. The summed E-state index contributed by atoms with van der Waals surface area (Å²) in [5.41, 5.74) is 3.75. The summed E-state index contributed by atoms with van der Waals surface area (Å²) in [5.74, 6) is 0. The van der Waals surface area contributed by atoms with E-state index in [-0.39, 0.29) is 19.1 Å². The molecule has 2 rings (SSSR count). The molecule has 0 spiro atoms. The lowest BCUT2D eigenvalue weighted by atomic mass is 10.1. The van der Waals surface area contributed by atoms with Gasteiger partial charge in [-0.05, 0) is 24.6 Å². The first-order valence-corrected chi connectivity index (χ1v) is 7.47. The molecule has 2 N–H and O–H groups in total. The Bertz CT molecular complexity index is 695. The van der Waals surface area contributed by atoms with E-state index in [9.17, 15) is 21.6 Å². The number of sulfonamides is 1. The minimum atomic E-state index is -4.79. The van der Waals surface area contributed by atoms with E-state index in [0.29, 0.717) is 12.5 Å². The van der Waals surface area contributed by atoms with Crippen molar-refractivity contribution in [2.24, 2.45) is 5.73 Å². The van der Waals surface area contributed by atoms with Crippen molar-refractivity contribution in [3.8, 4) is 6.07 Å². The summed E-state index contributed by atoms with van der Waals surface area (Å²) >= 11 is 0. The lowest BCUT2D eigenvalue weighted by Crippen LogP contribution is -2.32. The molecule has 1 saturated heterocycles. The van der Waals surface area contributed by atoms with Gasteiger partial charge in [0.25, 0.3) is 0 Å². The molecular formula is C12H12F3N3O2S. The molecule has 1 aromatic carbocycles. The second-order valence-electron chi connectivity index (χ2n) is 4.73. The molecule has 1 aliphatic rings. The highest BCUT2D eigenvalue weighted by atomic mass is 32.2. The molecule has 0 bridgehead atoms. The molecule has 0 aromatic heterocycles. The van der Waals surface area contributed by atoms with E-state index in [1.807, 2.05) is 0 Å². The van der Waals surface area contributed by atoms with Gasteiger partial charge >= 0.3 is 6.18 Å². The topological polar surface area (TPSA) is 87.2 Å². The summed E-state index contributed by atoms with van der Waals surface area (Å²) in [4.78, 5) is -0.483. The molecule has 0 aliphatic carbocycles. The molecule has 5 nitrogen and oxygen atoms in total. The van der Waals surface area contributed by atoms with Crippen LogP contribution in [0.15, 0.2) is 23.1 Å². The maximum absolute atomic E-state index is 12.9. The number of nitrogens with zero attached hydrogens (tertiary/aromatic N) is 2. The molecule has 0 radical (unpaired) electrons. The van der Waals surface area contributed by atoms with Gasteiger partial charge in [-0.2, -0.15) is 22.7 Å². The third-order valence-electron chi connectivity index (χ3n) is 3.24. The summed E-state index contributed by atoms with van der Waals surface area (Å²) in [5, 5.41) is 8.70. The van der Waals surface area contributed by atoms with E-state index in [1.165, 1.54) is 6.07 Å². The number of rotatable bonds is 2. The maximum Gasteiger partial charge on any atom is 0.417 e. The monoisotopic (exact) mass is 319 g/mol. The van der Waals surface area contributed by atoms with E-state index in [0.717, 1.165) is 16.4 Å². The summed E-state index contributed by atoms with van der Waals surface area (Å²) in [7, 11) is -4.04. The van der Waals surface area contributed by atoms with Gasteiger partial charge in [0.1, 0.15) is 0 Å². The van der Waals surface area contributed by atoms with Gasteiger partial charge in [-0.15, -0.1) is 0 Å². The lowest BCUT2D eigenvalue weighted by Gasteiger charge is -2.17. The summed E-state index contributed by atoms with van der Waals surface area (Å²) in [6.45, 7) is 0.245. The molecule has 1 aromatic rings. The van der Waals surface area contributed by atoms with Crippen molar-refractivity contribution < 1.29 is 21.6 Å². The fraction of sp³-hybridized carbons (Fsp3) is 0.417. The van der Waals surface area contributed by atoms with Crippen molar-refractivity contribution in [3.63, 3.8) is 0 Å². The van der Waals surface area contributed by atoms with Crippen molar-refractivity contribution in [2.45, 2.75) is 23.5 Å². The molecule has 9 heteroatoms. The van der Waals surface area contributed by atoms with Crippen LogP contribution in [0.25, 0.3) is 0 Å². The van der Waals surface area contributed by atoms with Crippen LogP contribution in [-0.4, -0.2) is 31.9 Å². The molecule has 1 aliphatic heterocycles. The Kier molecular flexibility index (Phi) is 3.97. The minimum absolute atomic E-state index is 0.0731. The molecule has 1 atom stereocenters. The van der Waals surface area contributed by atoms with Crippen molar-refractivity contribution in [3.05, 3.63) is 29.3 Å². The first-order chi connectivity index (χ1) is 9.66. The smallest absolute Gasteiger partial charge is 0.326 e. The van der Waals surface area contributed by atoms with Crippen LogP contribution in [0.5, 0.6) is 0 Å². The highest BCUT2D eigenvalue weighted by Gasteiger charge is 2.37. The predicted octanol–water partition coefficient (Wildman–Crippen LogP) is 1.30. The van der Waals surface area contributed by atoms with Crippen LogP contribution >= 0.6 is 0 Å². The minimum Gasteiger partial charge on any atom is -0.326 e. The second kappa shape index (κ2) is 5.29. The average Bonchev–Trinajstić information content (AvgIpc) is 2.84. The Morgan fingerprint density at radius 3 is 2.52 bits per heavy atom. The van der Waals surface area contributed by atoms with Crippen molar-refractivity contribution in [1.29, 1.82) is 5.26 Å². The first kappa shape index (κ1) is 15.8. The Morgan fingerprint density at radius 1 is 1.38 bits per heavy atom. The van der Waals surface area contributed by atoms with Gasteiger partial charge < -0.3 is 5.73 Å². The van der Waals surface area contributed by atoms with Gasteiger partial charge in [0, 0.05) is 19.1 Å². The van der Waals surface area contributed by atoms with Crippen molar-refractivity contribution in [2.75, 3.05) is 13.1 Å². The third-order valence-corrected chi connectivity index (χ3v) is 5.10. The van der Waals surface area contributed by atoms with E-state index >= 15 is 0 Å². The van der Waals surface area contributed by atoms with Gasteiger partial charge in [0.2, 0.25) is 10.0 Å². The quantitative estimate of drug-likeness (QED) is 0.890. The van der Waals surface area contributed by atoms with Crippen LogP contribution in [0.3, 0.4) is 0 Å². The molecule has 1 fully saturated rings. The molecule has 1 heterocycles. The fourth-order valence-electron chi connectivity index (χ4n) is 2.14. The van der Waals surface area contributed by atoms with Crippen LogP contribution in [0.1, 0.15) is 17.5 Å². The number of halogens is 3. The average molecular weight is 319 g/mol. The van der Waals surface area contributed by atoms with Gasteiger partial charge in [-0.1, -0.05) is 0 Å². The Balaban J connectivity index is 2.48. The number of hydrogen-bond donors (Lipinski definition) is 1. The van der Waals surface area contributed by atoms with Crippen LogP contribution in [0.2, 0.25) is 0 Å². The van der Waals surface area contributed by atoms with Crippen LogP contribution in [0, 0.1) is 11.3 Å². The van der Waals surface area contributed by atoms with Crippen molar-refractivity contribution in [1.82, 2.24) is 4.31 Å². The van der Waals surface area contributed by atoms with E-state index in [4.69, 9.17) is 11.0 Å². The zero-order valence-corrected chi connectivity index (χ0v) is 11.6. The molecule has 0 saturated carbocycles. The van der Waals surface area contributed by atoms with Gasteiger partial charge in [0.05, 0.1) is 22.1 Å². The molecule has 21 heavy (non-hydrogen) atoms. The SMILES string of the molecule is N#Cc1ccc(S(=O)(=O)N2CC[C@H](N)C2)cc1C(F)(F)F. The van der Waals surface area contributed by atoms with E-state index in [2.05, 4.69) is 0 Å². The highest BCUT2D eigenvalue weighted by molar-refractivity contribution is 7.89. The number of benzene rings is 1. The summed E-state index contributed by atoms with van der Waals surface area (Å²) < 4.78 is 64.2. The van der Waals surface area contributed by atoms with E-state index in [1.54, 1.807) is 0 Å². The highest BCUT2D eigenvalue weighted by Crippen LogP contribution is 2.34. The van der Waals surface area contributed by atoms with Gasteiger partial charge in [0.15, 0.2) is 0 Å². The number of alkyl halides is 3. The summed E-state index contributed by atoms with van der Waals surface area (Å²) in [6.07, 6.45) is -4.33. The zero-order chi connectivity index (χ0) is 15.8. The Morgan fingerprint density at radius 2 is 2.05 bits per heavy atom. The first-order valence-electron chi connectivity index (χ1n) is 6.03. The molecule has 0 unspecified atom stereocenters. The van der Waals surface area contributed by atoms with Gasteiger partial charge in [-0.3, -0.25) is 0 Å². The van der Waals surface area contributed by atoms with Crippen LogP contribution in [-0.2, 0) is 16.2 Å². The standard InChI is InChI=1S/C12H12F3N3O2S/c13-12(14,15)11-5-10(2-1-8(11)6-16)21(19,20)18-4-3-9(17)7-18/h1-2,5,9H,3-4,7,17H2/t9-/m0/s1. The molecular weight excluding hydrogens is 307 g/mol. The fourth-order valence-corrected chi connectivity index (χ4v) is 3.68. The molecule has 114 valence electrons. The second-order valence-corrected chi connectivity index (χ2v) is 6.67. The zero-order valence-electron chi connectivity index (χ0n) is 10.8. The molecule has 0 amide bonds. The largest absolute Gasteiger partial charge is 0.417 e. The van der Waals surface area contributed by atoms with E-state index < -0.39 is 32.2 Å². The number of hydrogen-bond acceptors (Lipinski definition) is 4. The van der Waals surface area contributed by atoms with Crippen LogP contribution in [0.4, 0.5) is 13.2 Å². The normalized spacial score (nSPS) is 20.4. The Labute approximate surface area is 119 Å². The van der Waals surface area contributed by atoms with Crippen LogP contribution < -0.4 is 5.73 Å². The number of nitriles is 1. The third kappa shape index (κ3) is 3.02. The lowest BCUT2D eigenvalue weighted by molar-refractivity contribution is -0.137. The number of nitrogens with two attached hydrogens (primary N) is 1. The summed E-state index contributed by atoms with van der Waals surface area (Å²) in [6, 6.07) is 3.46. The predicted molar refractivity (Wildman–Crippen MR) is 67.5 cm³/mol. The van der Waals surface area contributed by atoms with Gasteiger partial charge in [-0.25, -0.2) is 8.42 Å². The van der Waals surface area contributed by atoms with Crippen molar-refractivity contribution >= 4 is 10.0 Å².